The smallest absolute Gasteiger partial charge is 0.408 e. The molecule has 1 N–H and O–H groups in total. The number of benzene rings is 1. The first-order valence-corrected chi connectivity index (χ1v) is 9.44. The summed E-state index contributed by atoms with van der Waals surface area (Å²) in [6.45, 7) is 10.4. The first kappa shape index (κ1) is 18.0. The summed E-state index contributed by atoms with van der Waals surface area (Å²) in [5, 5.41) is 7.03. The van der Waals surface area contributed by atoms with Crippen molar-refractivity contribution in [1.29, 1.82) is 0 Å². The van der Waals surface area contributed by atoms with Crippen LogP contribution in [-0.4, -0.2) is 45.4 Å². The second-order valence-electron chi connectivity index (χ2n) is 8.38. The van der Waals surface area contributed by atoms with Crippen molar-refractivity contribution in [1.82, 2.24) is 20.4 Å². The van der Waals surface area contributed by atoms with E-state index in [1.807, 2.05) is 26.0 Å². The molecule has 2 aromatic rings. The van der Waals surface area contributed by atoms with Crippen molar-refractivity contribution in [3.63, 3.8) is 0 Å². The maximum atomic E-state index is 11.7. The van der Waals surface area contributed by atoms with Gasteiger partial charge in [-0.3, -0.25) is 4.90 Å². The molecular weight excluding hydrogens is 344 g/mol. The summed E-state index contributed by atoms with van der Waals surface area (Å²) in [4.78, 5) is 18.5. The molecule has 2 saturated heterocycles. The van der Waals surface area contributed by atoms with Gasteiger partial charge in [-0.1, -0.05) is 43.3 Å². The fraction of sp³-hybridized carbons (Fsp3) is 0.550. The van der Waals surface area contributed by atoms with Gasteiger partial charge in [-0.15, -0.1) is 0 Å². The van der Waals surface area contributed by atoms with Gasteiger partial charge < -0.3 is 14.6 Å². The minimum atomic E-state index is -0.500. The van der Waals surface area contributed by atoms with Crippen molar-refractivity contribution in [2.45, 2.75) is 57.7 Å². The van der Waals surface area contributed by atoms with E-state index in [2.05, 4.69) is 46.3 Å². The highest BCUT2D eigenvalue weighted by Crippen LogP contribution is 2.40. The highest BCUT2D eigenvalue weighted by Gasteiger charge is 2.58. The molecule has 0 aliphatic carbocycles. The predicted octanol–water partition coefficient (Wildman–Crippen LogP) is 3.32. The van der Waals surface area contributed by atoms with E-state index < -0.39 is 11.1 Å². The number of nitrogens with zero attached hydrogens (tertiary/aromatic N) is 3. The number of carbonyl (C=O) groups is 1. The number of likely N-dealkylation sites (tertiary alicyclic amines) is 1. The molecule has 3 heterocycles. The molecule has 7 nitrogen and oxygen atoms in total. The van der Waals surface area contributed by atoms with Crippen LogP contribution in [0.3, 0.4) is 0 Å². The van der Waals surface area contributed by atoms with Gasteiger partial charge in [0.1, 0.15) is 0 Å². The van der Waals surface area contributed by atoms with Crippen LogP contribution in [0.25, 0.3) is 11.4 Å². The van der Waals surface area contributed by atoms with Crippen LogP contribution >= 0.6 is 0 Å². The quantitative estimate of drug-likeness (QED) is 0.889. The Balaban J connectivity index is 1.44. The lowest BCUT2D eigenvalue weighted by Crippen LogP contribution is -2.54. The second-order valence-corrected chi connectivity index (χ2v) is 8.38. The SMILES string of the molecule is CC(C)c1ccc(-c2noc(CN3CCC4(C3)OC(=O)NC4(C)C)n2)cc1. The van der Waals surface area contributed by atoms with E-state index in [4.69, 9.17) is 9.26 Å². The molecule has 0 radical (unpaired) electrons. The third kappa shape index (κ3) is 3.20. The van der Waals surface area contributed by atoms with Crippen LogP contribution in [0.5, 0.6) is 0 Å². The van der Waals surface area contributed by atoms with E-state index in [0.29, 0.717) is 30.7 Å². The average molecular weight is 370 g/mol. The van der Waals surface area contributed by atoms with Gasteiger partial charge in [-0.2, -0.15) is 4.98 Å². The number of hydrogen-bond donors (Lipinski definition) is 1. The highest BCUT2D eigenvalue weighted by molar-refractivity contribution is 5.72. The summed E-state index contributed by atoms with van der Waals surface area (Å²) < 4.78 is 11.1. The summed E-state index contributed by atoms with van der Waals surface area (Å²) in [6, 6.07) is 8.26. The highest BCUT2D eigenvalue weighted by atomic mass is 16.6. The molecule has 2 aliphatic rings. The van der Waals surface area contributed by atoms with Gasteiger partial charge in [0.25, 0.3) is 0 Å². The number of hydrogen-bond acceptors (Lipinski definition) is 6. The number of rotatable bonds is 4. The second kappa shape index (κ2) is 6.34. The molecule has 1 spiro atoms. The van der Waals surface area contributed by atoms with Crippen molar-refractivity contribution in [3.8, 4) is 11.4 Å². The van der Waals surface area contributed by atoms with Crippen LogP contribution in [0.1, 0.15) is 51.5 Å². The predicted molar refractivity (Wildman–Crippen MR) is 100 cm³/mol. The summed E-state index contributed by atoms with van der Waals surface area (Å²) in [7, 11) is 0. The van der Waals surface area contributed by atoms with Gasteiger partial charge in [-0.05, 0) is 25.3 Å². The van der Waals surface area contributed by atoms with Gasteiger partial charge >= 0.3 is 6.09 Å². The number of nitrogens with one attached hydrogen (secondary N) is 1. The normalized spacial score (nSPS) is 24.6. The molecule has 1 aromatic heterocycles. The standard InChI is InChI=1S/C20H26N4O3/c1-13(2)14-5-7-15(8-6-14)17-21-16(27-23-17)11-24-10-9-20(12-24)19(3,4)22-18(25)26-20/h5-8,13H,9-12H2,1-4H3,(H,22,25). The monoisotopic (exact) mass is 370 g/mol. The third-order valence-electron chi connectivity index (χ3n) is 5.82. The number of aromatic nitrogens is 2. The summed E-state index contributed by atoms with van der Waals surface area (Å²) in [6.07, 6.45) is 0.447. The number of alkyl carbamates (subject to hydrolysis) is 1. The zero-order chi connectivity index (χ0) is 19.2. The molecule has 4 rings (SSSR count). The minimum absolute atomic E-state index is 0.341. The molecular formula is C20H26N4O3. The lowest BCUT2D eigenvalue weighted by molar-refractivity contribution is 0.0180. The van der Waals surface area contributed by atoms with Crippen LogP contribution in [0.4, 0.5) is 4.79 Å². The Morgan fingerprint density at radius 1 is 1.26 bits per heavy atom. The van der Waals surface area contributed by atoms with E-state index in [1.165, 1.54) is 5.56 Å². The Kier molecular flexibility index (Phi) is 4.22. The van der Waals surface area contributed by atoms with Crippen molar-refractivity contribution in [3.05, 3.63) is 35.7 Å². The lowest BCUT2D eigenvalue weighted by atomic mass is 9.83. The first-order chi connectivity index (χ1) is 12.8. The van der Waals surface area contributed by atoms with Crippen LogP contribution in [0.2, 0.25) is 0 Å². The van der Waals surface area contributed by atoms with E-state index in [1.54, 1.807) is 0 Å². The molecule has 0 bridgehead atoms. The fourth-order valence-electron chi connectivity index (χ4n) is 3.93. The molecule has 7 heteroatoms. The Morgan fingerprint density at radius 2 is 2.00 bits per heavy atom. The van der Waals surface area contributed by atoms with Crippen LogP contribution in [0.15, 0.2) is 28.8 Å². The van der Waals surface area contributed by atoms with Crippen LogP contribution < -0.4 is 5.32 Å². The molecule has 0 saturated carbocycles. The first-order valence-electron chi connectivity index (χ1n) is 9.44. The fourth-order valence-corrected chi connectivity index (χ4v) is 3.93. The number of carbonyl (C=O) groups excluding carboxylic acids is 1. The summed E-state index contributed by atoms with van der Waals surface area (Å²) in [5.41, 5.74) is 1.34. The Hall–Kier alpha value is -2.41. The maximum Gasteiger partial charge on any atom is 0.408 e. The van der Waals surface area contributed by atoms with Gasteiger partial charge in [0.05, 0.1) is 12.1 Å². The molecule has 1 amide bonds. The van der Waals surface area contributed by atoms with Crippen LogP contribution in [0, 0.1) is 0 Å². The number of ether oxygens (including phenoxy) is 1. The Bertz CT molecular complexity index is 843. The lowest BCUT2D eigenvalue weighted by Gasteiger charge is -2.34. The van der Waals surface area contributed by atoms with Crippen molar-refractivity contribution in [2.75, 3.05) is 13.1 Å². The zero-order valence-electron chi connectivity index (χ0n) is 16.3. The molecule has 27 heavy (non-hydrogen) atoms. The minimum Gasteiger partial charge on any atom is -0.439 e. The molecule has 144 valence electrons. The summed E-state index contributed by atoms with van der Waals surface area (Å²) >= 11 is 0. The zero-order valence-corrected chi connectivity index (χ0v) is 16.3. The maximum absolute atomic E-state index is 11.7. The van der Waals surface area contributed by atoms with Crippen molar-refractivity contribution in [2.24, 2.45) is 0 Å². The topological polar surface area (TPSA) is 80.5 Å². The van der Waals surface area contributed by atoms with Crippen molar-refractivity contribution >= 4 is 6.09 Å². The molecule has 1 aromatic carbocycles. The van der Waals surface area contributed by atoms with E-state index in [0.717, 1.165) is 18.5 Å². The van der Waals surface area contributed by atoms with E-state index in [-0.39, 0.29) is 6.09 Å². The van der Waals surface area contributed by atoms with E-state index >= 15 is 0 Å². The third-order valence-corrected chi connectivity index (χ3v) is 5.82. The van der Waals surface area contributed by atoms with E-state index in [9.17, 15) is 4.79 Å². The average Bonchev–Trinajstić information content (AvgIpc) is 3.28. The summed E-state index contributed by atoms with van der Waals surface area (Å²) in [5.74, 6) is 1.67. The van der Waals surface area contributed by atoms with Crippen LogP contribution in [-0.2, 0) is 11.3 Å². The van der Waals surface area contributed by atoms with Gasteiger partial charge in [0.2, 0.25) is 11.7 Å². The Labute approximate surface area is 159 Å². The number of amides is 1. The molecule has 1 atom stereocenters. The molecule has 2 aliphatic heterocycles. The Morgan fingerprint density at radius 3 is 2.63 bits per heavy atom. The van der Waals surface area contributed by atoms with Gasteiger partial charge in [-0.25, -0.2) is 4.79 Å². The molecule has 1 unspecified atom stereocenters. The van der Waals surface area contributed by atoms with Gasteiger partial charge in [0, 0.05) is 25.1 Å². The largest absolute Gasteiger partial charge is 0.439 e. The van der Waals surface area contributed by atoms with Gasteiger partial charge in [0.15, 0.2) is 5.60 Å². The van der Waals surface area contributed by atoms with Crippen molar-refractivity contribution < 1.29 is 14.1 Å². The molecule has 2 fully saturated rings.